The van der Waals surface area contributed by atoms with Crippen LogP contribution in [-0.2, 0) is 11.3 Å². The van der Waals surface area contributed by atoms with E-state index in [0.717, 1.165) is 5.56 Å². The Labute approximate surface area is 211 Å². The van der Waals surface area contributed by atoms with E-state index in [0.29, 0.717) is 28.4 Å². The van der Waals surface area contributed by atoms with Crippen LogP contribution in [-0.4, -0.2) is 49.1 Å². The van der Waals surface area contributed by atoms with Gasteiger partial charge in [-0.25, -0.2) is 9.78 Å². The second kappa shape index (κ2) is 11.0. The fourth-order valence-electron chi connectivity index (χ4n) is 3.23. The van der Waals surface area contributed by atoms with Gasteiger partial charge in [0.1, 0.15) is 23.5 Å². The maximum absolute atomic E-state index is 12.9. The molecule has 4 rings (SSSR count). The van der Waals surface area contributed by atoms with Gasteiger partial charge in [0.05, 0.1) is 6.20 Å². The van der Waals surface area contributed by atoms with Crippen LogP contribution in [0.1, 0.15) is 58.0 Å². The van der Waals surface area contributed by atoms with Gasteiger partial charge in [-0.1, -0.05) is 37.2 Å². The van der Waals surface area contributed by atoms with E-state index in [1.165, 1.54) is 11.1 Å². The van der Waals surface area contributed by atoms with Crippen molar-refractivity contribution in [3.63, 3.8) is 0 Å². The molecule has 0 aliphatic rings. The molecule has 0 atom stereocenters. The Bertz CT molecular complexity index is 1360. The zero-order valence-corrected chi connectivity index (χ0v) is 21.7. The van der Waals surface area contributed by atoms with Crippen LogP contribution < -0.4 is 5.32 Å². The van der Waals surface area contributed by atoms with Crippen molar-refractivity contribution in [2.75, 3.05) is 12.4 Å². The summed E-state index contributed by atoms with van der Waals surface area (Å²) in [4.78, 5) is 35.1. The predicted octanol–water partition coefficient (Wildman–Crippen LogP) is 5.58. The van der Waals surface area contributed by atoms with Crippen LogP contribution in [0.25, 0.3) is 17.0 Å². The Morgan fingerprint density at radius 3 is 2.67 bits per heavy atom. The Morgan fingerprint density at radius 2 is 1.94 bits per heavy atom. The first kappa shape index (κ1) is 26.4. The van der Waals surface area contributed by atoms with Crippen molar-refractivity contribution >= 4 is 23.3 Å². The first-order valence-corrected chi connectivity index (χ1v) is 11.7. The molecule has 4 aromatic rings. The summed E-state index contributed by atoms with van der Waals surface area (Å²) < 4.78 is 12.4. The lowest BCUT2D eigenvalue weighted by Gasteiger charge is -2.23. The summed E-state index contributed by atoms with van der Waals surface area (Å²) in [5, 5.41) is 6.96. The van der Waals surface area contributed by atoms with Gasteiger partial charge >= 0.3 is 6.09 Å². The van der Waals surface area contributed by atoms with E-state index < -0.39 is 11.7 Å². The molecule has 2 amide bonds. The minimum atomic E-state index is -0.600. The van der Waals surface area contributed by atoms with Crippen molar-refractivity contribution in [1.82, 2.24) is 24.4 Å². The van der Waals surface area contributed by atoms with Gasteiger partial charge in [-0.15, -0.1) is 0 Å². The predicted molar refractivity (Wildman–Crippen MR) is 139 cm³/mol. The molecule has 10 nitrogen and oxygen atoms in total. The molecule has 0 saturated heterocycles. The number of hydrogen-bond acceptors (Lipinski definition) is 7. The summed E-state index contributed by atoms with van der Waals surface area (Å²) in [6.07, 6.45) is 2.84. The number of rotatable bonds is 5. The van der Waals surface area contributed by atoms with Crippen LogP contribution in [0.3, 0.4) is 0 Å². The summed E-state index contributed by atoms with van der Waals surface area (Å²) in [7, 11) is 1.59. The molecule has 0 saturated carbocycles. The zero-order chi connectivity index (χ0) is 26.5. The molecule has 0 aliphatic heterocycles. The molecule has 0 aliphatic carbocycles. The normalized spacial score (nSPS) is 11.0. The molecule has 36 heavy (non-hydrogen) atoms. The number of anilines is 1. The van der Waals surface area contributed by atoms with Crippen molar-refractivity contribution in [2.24, 2.45) is 0 Å². The summed E-state index contributed by atoms with van der Waals surface area (Å²) in [6, 6.07) is 11.0. The van der Waals surface area contributed by atoms with E-state index in [2.05, 4.69) is 20.4 Å². The number of benzene rings is 1. The maximum atomic E-state index is 12.9. The first-order valence-electron chi connectivity index (χ1n) is 11.7. The number of aryl methyl sites for hydroxylation is 1. The number of pyridine rings is 1. The van der Waals surface area contributed by atoms with Crippen molar-refractivity contribution in [3.8, 4) is 11.4 Å². The standard InChI is InChI=1S/C24H26N6O4.C2H6.H2/c1-15-9-10-16(21-27-20(34-28-21)14-29(5)23(32)33-24(2,3)4)12-17(15)26-22(31)18-13-25-19-8-6-7-11-30(18)19;1-2;/h6-13H,14H2,1-5H3,(H,26,31);1-2H3;1H. The van der Waals surface area contributed by atoms with Gasteiger partial charge < -0.3 is 19.5 Å². The number of aromatic nitrogens is 4. The third kappa shape index (κ3) is 6.26. The summed E-state index contributed by atoms with van der Waals surface area (Å²) in [6.45, 7) is 11.4. The maximum Gasteiger partial charge on any atom is 0.410 e. The molecule has 0 spiro atoms. The summed E-state index contributed by atoms with van der Waals surface area (Å²) >= 11 is 0. The van der Waals surface area contributed by atoms with Gasteiger partial charge in [0, 0.05) is 25.9 Å². The molecular formula is C26H34N6O4. The Kier molecular flexibility index (Phi) is 8.08. The Hall–Kier alpha value is -4.21. The Balaban J connectivity index is 0.00000157. The number of fused-ring (bicyclic) bond motifs is 1. The monoisotopic (exact) mass is 494 g/mol. The number of nitrogens with one attached hydrogen (secondary N) is 1. The van der Waals surface area contributed by atoms with Crippen molar-refractivity contribution < 1.29 is 20.3 Å². The van der Waals surface area contributed by atoms with Crippen LogP contribution in [0, 0.1) is 6.92 Å². The average molecular weight is 495 g/mol. The summed E-state index contributed by atoms with van der Waals surface area (Å²) in [5.41, 5.74) is 2.66. The highest BCUT2D eigenvalue weighted by Gasteiger charge is 2.22. The van der Waals surface area contributed by atoms with E-state index >= 15 is 0 Å². The second-order valence-corrected chi connectivity index (χ2v) is 8.90. The highest BCUT2D eigenvalue weighted by molar-refractivity contribution is 6.04. The van der Waals surface area contributed by atoms with E-state index in [4.69, 9.17) is 9.26 Å². The number of nitrogens with zero attached hydrogens (tertiary/aromatic N) is 5. The molecular weight excluding hydrogens is 460 g/mol. The van der Waals surface area contributed by atoms with Gasteiger partial charge in [-0.3, -0.25) is 9.20 Å². The van der Waals surface area contributed by atoms with Gasteiger partial charge in [0.2, 0.25) is 11.7 Å². The van der Waals surface area contributed by atoms with Crippen LogP contribution >= 0.6 is 0 Å². The quantitative estimate of drug-likeness (QED) is 0.385. The average Bonchev–Trinajstić information content (AvgIpc) is 3.48. The fourth-order valence-corrected chi connectivity index (χ4v) is 3.23. The van der Waals surface area contributed by atoms with Crippen molar-refractivity contribution in [1.29, 1.82) is 0 Å². The molecule has 192 valence electrons. The van der Waals surface area contributed by atoms with E-state index in [1.807, 2.05) is 51.1 Å². The van der Waals surface area contributed by atoms with Crippen LogP contribution in [0.4, 0.5) is 10.5 Å². The molecule has 0 radical (unpaired) electrons. The van der Waals surface area contributed by atoms with Crippen LogP contribution in [0.2, 0.25) is 0 Å². The molecule has 1 N–H and O–H groups in total. The van der Waals surface area contributed by atoms with Crippen LogP contribution in [0.5, 0.6) is 0 Å². The number of imidazole rings is 1. The van der Waals surface area contributed by atoms with E-state index in [-0.39, 0.29) is 19.8 Å². The lowest BCUT2D eigenvalue weighted by atomic mass is 10.1. The third-order valence-corrected chi connectivity index (χ3v) is 4.94. The minimum absolute atomic E-state index is 0. The van der Waals surface area contributed by atoms with Crippen LogP contribution in [0.15, 0.2) is 53.3 Å². The van der Waals surface area contributed by atoms with Gasteiger partial charge in [-0.05, 0) is 51.5 Å². The van der Waals surface area contributed by atoms with Gasteiger partial charge in [0.15, 0.2) is 0 Å². The second-order valence-electron chi connectivity index (χ2n) is 8.90. The van der Waals surface area contributed by atoms with E-state index in [9.17, 15) is 9.59 Å². The number of carbonyl (C=O) groups excluding carboxylic acids is 2. The third-order valence-electron chi connectivity index (χ3n) is 4.94. The first-order chi connectivity index (χ1) is 17.1. The minimum Gasteiger partial charge on any atom is -0.444 e. The van der Waals surface area contributed by atoms with Gasteiger partial charge in [-0.2, -0.15) is 4.98 Å². The topological polar surface area (TPSA) is 115 Å². The molecule has 10 heteroatoms. The largest absolute Gasteiger partial charge is 0.444 e. The number of amides is 2. The molecule has 0 unspecified atom stereocenters. The van der Waals surface area contributed by atoms with Gasteiger partial charge in [0.25, 0.3) is 5.91 Å². The number of hydrogen-bond donors (Lipinski definition) is 1. The number of carbonyl (C=O) groups is 2. The Morgan fingerprint density at radius 1 is 1.19 bits per heavy atom. The highest BCUT2D eigenvalue weighted by atomic mass is 16.6. The smallest absolute Gasteiger partial charge is 0.410 e. The number of ether oxygens (including phenoxy) is 1. The molecule has 1 aromatic carbocycles. The lowest BCUT2D eigenvalue weighted by molar-refractivity contribution is 0.0268. The van der Waals surface area contributed by atoms with Crippen molar-refractivity contribution in [3.05, 3.63) is 65.9 Å². The van der Waals surface area contributed by atoms with Crippen molar-refractivity contribution in [2.45, 2.75) is 53.7 Å². The van der Waals surface area contributed by atoms with E-state index in [1.54, 1.807) is 44.5 Å². The summed E-state index contributed by atoms with van der Waals surface area (Å²) in [5.74, 6) is 0.324. The molecule has 0 fully saturated rings. The molecule has 0 bridgehead atoms. The SMILES string of the molecule is CC.Cc1ccc(-c2noc(CN(C)C(=O)OC(C)(C)C)n2)cc1NC(=O)c1cnc2ccccn12.[HH]. The molecule has 3 aromatic heterocycles. The lowest BCUT2D eigenvalue weighted by Crippen LogP contribution is -2.33. The fraction of sp³-hybridized carbons (Fsp3) is 0.346. The molecule has 3 heterocycles. The zero-order valence-electron chi connectivity index (χ0n) is 21.7. The highest BCUT2D eigenvalue weighted by Crippen LogP contribution is 2.24.